The SMILES string of the molecule is [CH]S(O)(C1=CCC=C1)C(C)(C)C. The van der Waals surface area contributed by atoms with E-state index in [0.717, 1.165) is 11.3 Å². The quantitative estimate of drug-likeness (QED) is 0.660. The minimum atomic E-state index is -2.10. The van der Waals surface area contributed by atoms with Crippen molar-refractivity contribution < 1.29 is 4.55 Å². The van der Waals surface area contributed by atoms with Gasteiger partial charge in [-0.1, -0.05) is 39.0 Å². The Balaban J connectivity index is 2.92. The second-order valence-electron chi connectivity index (χ2n) is 3.98. The largest absolute Gasteiger partial charge is 0.346 e. The Morgan fingerprint density at radius 1 is 1.50 bits per heavy atom. The van der Waals surface area contributed by atoms with Crippen molar-refractivity contribution in [3.63, 3.8) is 0 Å². The highest BCUT2D eigenvalue weighted by atomic mass is 32.3. The van der Waals surface area contributed by atoms with Gasteiger partial charge >= 0.3 is 0 Å². The van der Waals surface area contributed by atoms with E-state index in [4.69, 9.17) is 6.26 Å². The van der Waals surface area contributed by atoms with Crippen LogP contribution in [0.4, 0.5) is 0 Å². The smallest absolute Gasteiger partial charge is 0.0426 e. The second kappa shape index (κ2) is 2.93. The molecule has 0 spiro atoms. The van der Waals surface area contributed by atoms with E-state index in [1.165, 1.54) is 0 Å². The predicted molar refractivity (Wildman–Crippen MR) is 56.1 cm³/mol. The van der Waals surface area contributed by atoms with Crippen molar-refractivity contribution in [3.8, 4) is 0 Å². The Labute approximate surface area is 76.7 Å². The molecule has 12 heavy (non-hydrogen) atoms. The van der Waals surface area contributed by atoms with Crippen LogP contribution in [-0.2, 0) is 0 Å². The van der Waals surface area contributed by atoms with Crippen LogP contribution in [0, 0.1) is 6.26 Å². The van der Waals surface area contributed by atoms with Crippen LogP contribution in [0.25, 0.3) is 0 Å². The van der Waals surface area contributed by atoms with Crippen LogP contribution < -0.4 is 0 Å². The van der Waals surface area contributed by atoms with Gasteiger partial charge in [-0.15, -0.1) is 10.3 Å². The lowest BCUT2D eigenvalue weighted by atomic mass is 10.3. The van der Waals surface area contributed by atoms with Crippen molar-refractivity contribution in [2.45, 2.75) is 31.9 Å². The van der Waals surface area contributed by atoms with E-state index in [9.17, 15) is 4.55 Å². The first-order valence-electron chi connectivity index (χ1n) is 4.05. The number of hydrogen-bond donors (Lipinski definition) is 1. The molecule has 0 aromatic carbocycles. The van der Waals surface area contributed by atoms with Crippen LogP contribution >= 0.6 is 10.3 Å². The van der Waals surface area contributed by atoms with E-state index in [1.807, 2.05) is 39.0 Å². The van der Waals surface area contributed by atoms with Gasteiger partial charge in [-0.25, -0.2) is 0 Å². The molecule has 0 aliphatic heterocycles. The molecule has 0 saturated carbocycles. The van der Waals surface area contributed by atoms with Crippen LogP contribution in [0.15, 0.2) is 23.1 Å². The Morgan fingerprint density at radius 2 is 2.08 bits per heavy atom. The van der Waals surface area contributed by atoms with Gasteiger partial charge in [0.15, 0.2) is 0 Å². The zero-order chi connectivity index (χ0) is 9.41. The molecule has 1 aliphatic rings. The Hall–Kier alpha value is -0.210. The van der Waals surface area contributed by atoms with E-state index >= 15 is 0 Å². The van der Waals surface area contributed by atoms with Gasteiger partial charge in [0.25, 0.3) is 0 Å². The maximum Gasteiger partial charge on any atom is 0.0426 e. The van der Waals surface area contributed by atoms with Crippen LogP contribution in [0.2, 0.25) is 0 Å². The fourth-order valence-electron chi connectivity index (χ4n) is 1.02. The summed E-state index contributed by atoms with van der Waals surface area (Å²) >= 11 is 0. The summed E-state index contributed by atoms with van der Waals surface area (Å²) in [4.78, 5) is 0.912. The maximum atomic E-state index is 10.1. The lowest BCUT2D eigenvalue weighted by Gasteiger charge is -2.42. The first-order valence-corrected chi connectivity index (χ1v) is 5.71. The van der Waals surface area contributed by atoms with Gasteiger partial charge in [-0.3, -0.25) is 0 Å². The number of rotatable bonds is 1. The molecule has 1 N–H and O–H groups in total. The average molecular weight is 184 g/mol. The molecule has 0 heterocycles. The fourth-order valence-corrected chi connectivity index (χ4v) is 2.38. The molecule has 2 heteroatoms. The summed E-state index contributed by atoms with van der Waals surface area (Å²) in [6.07, 6.45) is 12.8. The topological polar surface area (TPSA) is 20.2 Å². The van der Waals surface area contributed by atoms with Crippen molar-refractivity contribution in [1.82, 2.24) is 0 Å². The van der Waals surface area contributed by atoms with Crippen molar-refractivity contribution in [2.24, 2.45) is 0 Å². The summed E-state index contributed by atoms with van der Waals surface area (Å²) in [5, 5.41) is 0. The van der Waals surface area contributed by atoms with Crippen molar-refractivity contribution in [2.75, 3.05) is 0 Å². The van der Waals surface area contributed by atoms with Gasteiger partial charge < -0.3 is 4.55 Å². The highest BCUT2D eigenvalue weighted by Crippen LogP contribution is 2.61. The maximum absolute atomic E-state index is 10.1. The summed E-state index contributed by atoms with van der Waals surface area (Å²) in [5.41, 5.74) is 0. The van der Waals surface area contributed by atoms with Crippen molar-refractivity contribution >= 4 is 10.3 Å². The molecule has 1 nitrogen and oxygen atoms in total. The Kier molecular flexibility index (Phi) is 2.41. The molecule has 1 aliphatic carbocycles. The van der Waals surface area contributed by atoms with Gasteiger partial charge in [0, 0.05) is 15.9 Å². The molecule has 2 radical (unpaired) electrons. The minimum Gasteiger partial charge on any atom is -0.346 e. The predicted octanol–water partition coefficient (Wildman–Crippen LogP) is 3.57. The van der Waals surface area contributed by atoms with E-state index in [2.05, 4.69) is 0 Å². The van der Waals surface area contributed by atoms with Crippen molar-refractivity contribution in [3.05, 3.63) is 29.4 Å². The Bertz CT molecular complexity index is 231. The molecule has 0 fully saturated rings. The molecule has 0 aromatic rings. The average Bonchev–Trinajstić information content (AvgIpc) is 2.34. The third-order valence-electron chi connectivity index (χ3n) is 2.03. The first kappa shape index (κ1) is 9.87. The molecule has 1 rings (SSSR count). The van der Waals surface area contributed by atoms with Gasteiger partial charge in [0.05, 0.1) is 0 Å². The van der Waals surface area contributed by atoms with Crippen molar-refractivity contribution in [1.29, 1.82) is 0 Å². The third kappa shape index (κ3) is 1.59. The molecule has 0 saturated heterocycles. The zero-order valence-electron chi connectivity index (χ0n) is 7.87. The fraction of sp³-hybridized carbons (Fsp3) is 0.500. The molecular formula is C10H16OS. The monoisotopic (exact) mass is 184 g/mol. The van der Waals surface area contributed by atoms with Crippen LogP contribution in [0.1, 0.15) is 27.2 Å². The molecule has 0 bridgehead atoms. The lowest BCUT2D eigenvalue weighted by Crippen LogP contribution is -2.22. The van der Waals surface area contributed by atoms with Crippen LogP contribution in [0.3, 0.4) is 0 Å². The van der Waals surface area contributed by atoms with E-state index in [-0.39, 0.29) is 4.75 Å². The van der Waals surface area contributed by atoms with E-state index in [1.54, 1.807) is 0 Å². The molecule has 0 aromatic heterocycles. The third-order valence-corrected chi connectivity index (χ3v) is 4.92. The van der Waals surface area contributed by atoms with Crippen LogP contribution in [0.5, 0.6) is 0 Å². The zero-order valence-corrected chi connectivity index (χ0v) is 8.69. The summed E-state index contributed by atoms with van der Waals surface area (Å²) in [5.74, 6) is 0. The van der Waals surface area contributed by atoms with E-state index in [0.29, 0.717) is 0 Å². The summed E-state index contributed by atoms with van der Waals surface area (Å²) in [6, 6.07) is 0. The molecule has 0 amide bonds. The molecule has 1 unspecified atom stereocenters. The lowest BCUT2D eigenvalue weighted by molar-refractivity contribution is 0.597. The van der Waals surface area contributed by atoms with Crippen LogP contribution in [-0.4, -0.2) is 9.30 Å². The van der Waals surface area contributed by atoms with E-state index < -0.39 is 10.3 Å². The summed E-state index contributed by atoms with van der Waals surface area (Å²) < 4.78 is 9.85. The Morgan fingerprint density at radius 3 is 2.42 bits per heavy atom. The molecule has 68 valence electrons. The molecule has 1 atom stereocenters. The summed E-state index contributed by atoms with van der Waals surface area (Å²) in [6.45, 7) is 5.90. The molecular weight excluding hydrogens is 168 g/mol. The highest BCUT2D eigenvalue weighted by molar-refractivity contribution is 8.34. The van der Waals surface area contributed by atoms with Gasteiger partial charge in [0.1, 0.15) is 0 Å². The highest BCUT2D eigenvalue weighted by Gasteiger charge is 2.33. The standard InChI is InChI=1S/C10H16OS/c1-10(2,3)12(4,11)9-7-5-6-8-9/h4-5,7-8,11H,6H2,1-3H3. The first-order chi connectivity index (χ1) is 5.36. The normalized spacial score (nSPS) is 24.9. The number of hydrogen-bond acceptors (Lipinski definition) is 1. The van der Waals surface area contributed by atoms with Gasteiger partial charge in [-0.05, 0) is 6.42 Å². The number of allylic oxidation sites excluding steroid dienone is 3. The minimum absolute atomic E-state index is 0.243. The summed E-state index contributed by atoms with van der Waals surface area (Å²) in [7, 11) is -2.10. The van der Waals surface area contributed by atoms with Gasteiger partial charge in [0.2, 0.25) is 0 Å². The van der Waals surface area contributed by atoms with Gasteiger partial charge in [-0.2, -0.15) is 0 Å². The second-order valence-corrected chi connectivity index (χ2v) is 6.93.